The predicted molar refractivity (Wildman–Crippen MR) is 194 cm³/mol. The molecule has 2 aliphatic heterocycles. The van der Waals surface area contributed by atoms with Gasteiger partial charge in [-0.25, -0.2) is 14.6 Å². The summed E-state index contributed by atoms with van der Waals surface area (Å²) in [5.41, 5.74) is 3.45. The van der Waals surface area contributed by atoms with Gasteiger partial charge in [0.25, 0.3) is 24.2 Å². The number of methoxy groups -OCH3 is 1. The maximum atomic E-state index is 14.0. The van der Waals surface area contributed by atoms with E-state index < -0.39 is 23.4 Å². The highest BCUT2D eigenvalue weighted by Gasteiger charge is 2.46. The Labute approximate surface area is 318 Å². The van der Waals surface area contributed by atoms with Crippen LogP contribution in [0.2, 0.25) is 5.02 Å². The van der Waals surface area contributed by atoms with Crippen molar-refractivity contribution in [2.75, 3.05) is 71.5 Å². The van der Waals surface area contributed by atoms with E-state index in [4.69, 9.17) is 22.1 Å². The van der Waals surface area contributed by atoms with E-state index in [0.29, 0.717) is 38.1 Å². The minimum Gasteiger partial charge on any atom is -0.471 e. The largest absolute Gasteiger partial charge is 0.471 e. The number of imidazole rings is 1. The van der Waals surface area contributed by atoms with Gasteiger partial charge in [-0.05, 0) is 30.3 Å². The molecule has 3 amide bonds. The summed E-state index contributed by atoms with van der Waals surface area (Å²) in [4.78, 5) is 60.0. The number of hydrogen-bond donors (Lipinski definition) is 3. The first kappa shape index (κ1) is 40.7. The van der Waals surface area contributed by atoms with Gasteiger partial charge in [0.05, 0.1) is 74.2 Å². The minimum atomic E-state index is -4.82. The summed E-state index contributed by atoms with van der Waals surface area (Å²) in [6.45, 7) is 2.81. The topological polar surface area (TPSA) is 191 Å². The molecule has 5 heterocycles. The summed E-state index contributed by atoms with van der Waals surface area (Å²) in [5.74, 6) is -1.48. The van der Waals surface area contributed by atoms with Crippen molar-refractivity contribution in [2.24, 2.45) is 7.05 Å². The van der Waals surface area contributed by atoms with Crippen molar-refractivity contribution in [2.45, 2.75) is 24.6 Å². The number of pyridine rings is 1. The van der Waals surface area contributed by atoms with Crippen LogP contribution in [0.1, 0.15) is 39.5 Å². The summed E-state index contributed by atoms with van der Waals surface area (Å²) in [5, 5.41) is 17.4. The summed E-state index contributed by atoms with van der Waals surface area (Å²) >= 11 is 6.49. The van der Waals surface area contributed by atoms with Crippen LogP contribution in [0.5, 0.6) is 0 Å². The number of likely N-dealkylation sites (tertiary alicyclic amines) is 1. The Morgan fingerprint density at radius 2 is 1.67 bits per heavy atom. The fraction of sp³-hybridized carbons (Fsp3) is 0.400. The van der Waals surface area contributed by atoms with E-state index in [9.17, 15) is 32.7 Å². The molecule has 0 spiro atoms. The number of nitrogens with two attached hydrogens (primary N) is 1. The number of amides is 3. The number of hydrogen-bond acceptors (Lipinski definition) is 10. The molecule has 0 radical (unpaired) electrons. The molecule has 4 aromatic rings. The normalized spacial score (nSPS) is 16.5. The van der Waals surface area contributed by atoms with Crippen molar-refractivity contribution in [1.29, 1.82) is 0 Å². The van der Waals surface area contributed by atoms with Gasteiger partial charge in [0, 0.05) is 58.0 Å². The molecule has 2 saturated heterocycles. The number of rotatable bonds is 7. The zero-order valence-corrected chi connectivity index (χ0v) is 31.3. The molecule has 1 aromatic carbocycles. The average Bonchev–Trinajstić information content (AvgIpc) is 3.77. The molecule has 55 heavy (non-hydrogen) atoms. The van der Waals surface area contributed by atoms with Gasteiger partial charge < -0.3 is 39.7 Å². The fourth-order valence-electron chi connectivity index (χ4n) is 6.25. The standard InChI is InChI=1S/C33H36ClF3N10O4.C2H4O2/c1-43-25(23-19-46(42-27(23)33(35,36)37)26-7-4-20(38)17-39-26)18-40-28(43)29(48)41-21-5-6-22(24(34)16-21)30(49)44-10-12-45(13-11-44)31(50)32(51)8-14-47(2,3)15-9-32;1-4-2-3/h4-7,16-19,51H,8-15,38H2,1-3H3;2H,1H3/p+1. The van der Waals surface area contributed by atoms with Gasteiger partial charge in [-0.2, -0.15) is 18.3 Å². The number of carbonyl (C=O) groups excluding carboxylic acids is 4. The monoisotopic (exact) mass is 789 g/mol. The molecule has 0 atom stereocenters. The Balaban J connectivity index is 0.00000138. The smallest absolute Gasteiger partial charge is 0.435 e. The molecular formula is C35H41ClF3N10O6+. The third kappa shape index (κ3) is 9.06. The van der Waals surface area contributed by atoms with Gasteiger partial charge in [-0.15, -0.1) is 0 Å². The van der Waals surface area contributed by atoms with E-state index in [1.54, 1.807) is 9.80 Å². The van der Waals surface area contributed by atoms with E-state index in [1.807, 2.05) is 0 Å². The molecule has 0 saturated carbocycles. The number of nitrogens with one attached hydrogen (secondary N) is 1. The lowest BCUT2D eigenvalue weighted by atomic mass is 9.89. The van der Waals surface area contributed by atoms with Crippen LogP contribution in [0, 0.1) is 0 Å². The lowest BCUT2D eigenvalue weighted by Crippen LogP contribution is -2.61. The summed E-state index contributed by atoms with van der Waals surface area (Å²) in [6.07, 6.45) is -0.485. The number of quaternary nitrogens is 1. The summed E-state index contributed by atoms with van der Waals surface area (Å²) in [7, 11) is 6.84. The number of nitrogens with zero attached hydrogens (tertiary/aromatic N) is 8. The fourth-order valence-corrected chi connectivity index (χ4v) is 6.51. The van der Waals surface area contributed by atoms with Crippen LogP contribution in [0.25, 0.3) is 17.1 Å². The zero-order chi connectivity index (χ0) is 40.3. The number of piperazine rings is 1. The SMILES string of the molecule is COC=O.Cn1c(-c2cn(-c3ccc(N)cn3)nc2C(F)(F)F)cnc1C(=O)Nc1ccc(C(=O)N2CCN(C(=O)C3(O)CC[N+](C)(C)CC3)CC2)c(Cl)c1. The number of halogens is 4. The number of aromatic nitrogens is 5. The lowest BCUT2D eigenvalue weighted by molar-refractivity contribution is -0.897. The molecule has 0 aliphatic carbocycles. The second-order valence-corrected chi connectivity index (χ2v) is 14.2. The molecule has 3 aromatic heterocycles. The van der Waals surface area contributed by atoms with Crippen molar-refractivity contribution in [3.63, 3.8) is 0 Å². The first-order chi connectivity index (χ1) is 25.9. The van der Waals surface area contributed by atoms with Gasteiger partial charge in [-0.3, -0.25) is 19.2 Å². The minimum absolute atomic E-state index is 0.0222. The molecule has 16 nitrogen and oxygen atoms in total. The molecule has 6 rings (SSSR count). The van der Waals surface area contributed by atoms with Crippen LogP contribution in [0.15, 0.2) is 48.9 Å². The van der Waals surface area contributed by atoms with Crippen molar-refractivity contribution in [3.8, 4) is 17.1 Å². The first-order valence-electron chi connectivity index (χ1n) is 17.0. The Morgan fingerprint density at radius 1 is 1.04 bits per heavy atom. The Hall–Kier alpha value is -5.53. The number of benzene rings is 1. The van der Waals surface area contributed by atoms with Gasteiger partial charge in [0.1, 0.15) is 0 Å². The quantitative estimate of drug-likeness (QED) is 0.186. The van der Waals surface area contributed by atoms with E-state index in [0.717, 1.165) is 21.6 Å². The van der Waals surface area contributed by atoms with E-state index in [1.165, 1.54) is 55.3 Å². The molecule has 2 fully saturated rings. The van der Waals surface area contributed by atoms with Gasteiger partial charge in [0.15, 0.2) is 22.9 Å². The van der Waals surface area contributed by atoms with Crippen molar-refractivity contribution >= 4 is 47.2 Å². The summed E-state index contributed by atoms with van der Waals surface area (Å²) in [6, 6.07) is 7.23. The molecule has 2 aliphatic rings. The molecule has 20 heteroatoms. The molecular weight excluding hydrogens is 749 g/mol. The lowest BCUT2D eigenvalue weighted by Gasteiger charge is -2.44. The highest BCUT2D eigenvalue weighted by atomic mass is 35.5. The van der Waals surface area contributed by atoms with Crippen LogP contribution < -0.4 is 11.1 Å². The number of piperidine rings is 1. The van der Waals surface area contributed by atoms with Crippen LogP contribution in [-0.2, 0) is 27.5 Å². The highest BCUT2D eigenvalue weighted by Crippen LogP contribution is 2.37. The van der Waals surface area contributed by atoms with E-state index in [-0.39, 0.29) is 77.2 Å². The Kier molecular flexibility index (Phi) is 11.9. The van der Waals surface area contributed by atoms with Crippen molar-refractivity contribution in [1.82, 2.24) is 34.1 Å². The number of aliphatic hydroxyl groups is 1. The van der Waals surface area contributed by atoms with E-state index in [2.05, 4.69) is 39.2 Å². The number of anilines is 2. The number of ether oxygens (including phenoxy) is 1. The van der Waals surface area contributed by atoms with E-state index >= 15 is 0 Å². The van der Waals surface area contributed by atoms with Crippen LogP contribution in [-0.4, -0.2) is 134 Å². The number of carbonyl (C=O) groups is 4. The average molecular weight is 790 g/mol. The maximum Gasteiger partial charge on any atom is 0.435 e. The van der Waals surface area contributed by atoms with Crippen LogP contribution in [0.4, 0.5) is 24.5 Å². The third-order valence-corrected chi connectivity index (χ3v) is 9.84. The Bertz CT molecular complexity index is 2050. The summed E-state index contributed by atoms with van der Waals surface area (Å²) < 4.78 is 48.8. The highest BCUT2D eigenvalue weighted by molar-refractivity contribution is 6.34. The first-order valence-corrected chi connectivity index (χ1v) is 17.4. The number of alkyl halides is 3. The molecule has 0 bridgehead atoms. The maximum absolute atomic E-state index is 14.0. The van der Waals surface area contributed by atoms with Gasteiger partial charge in [0.2, 0.25) is 0 Å². The second-order valence-electron chi connectivity index (χ2n) is 13.8. The third-order valence-electron chi connectivity index (χ3n) is 9.52. The number of nitrogen functional groups attached to an aromatic ring is 1. The molecule has 294 valence electrons. The Morgan fingerprint density at radius 3 is 2.24 bits per heavy atom. The van der Waals surface area contributed by atoms with Gasteiger partial charge in [-0.1, -0.05) is 11.6 Å². The van der Waals surface area contributed by atoms with Gasteiger partial charge >= 0.3 is 6.18 Å². The second kappa shape index (κ2) is 16.1. The van der Waals surface area contributed by atoms with Crippen LogP contribution in [0.3, 0.4) is 0 Å². The predicted octanol–water partition coefficient (Wildman–Crippen LogP) is 2.85. The zero-order valence-electron chi connectivity index (χ0n) is 30.5. The van der Waals surface area contributed by atoms with Crippen molar-refractivity contribution < 1.29 is 46.7 Å². The molecule has 4 N–H and O–H groups in total. The van der Waals surface area contributed by atoms with Crippen LogP contribution >= 0.6 is 11.6 Å². The molecule has 0 unspecified atom stereocenters. The van der Waals surface area contributed by atoms with Crippen molar-refractivity contribution in [3.05, 3.63) is 71.0 Å².